The first-order valence-corrected chi connectivity index (χ1v) is 8.29. The summed E-state index contributed by atoms with van der Waals surface area (Å²) in [6.07, 6.45) is 2.42. The van der Waals surface area contributed by atoms with E-state index in [0.717, 1.165) is 48.3 Å². The number of methoxy groups -OCH3 is 1. The minimum atomic E-state index is 0.201. The van der Waals surface area contributed by atoms with E-state index in [-0.39, 0.29) is 6.10 Å². The van der Waals surface area contributed by atoms with Gasteiger partial charge in [-0.05, 0) is 25.1 Å². The lowest BCUT2D eigenvalue weighted by Gasteiger charge is -2.20. The van der Waals surface area contributed by atoms with Crippen molar-refractivity contribution in [1.29, 1.82) is 0 Å². The molecule has 0 amide bonds. The first kappa shape index (κ1) is 15.9. The van der Waals surface area contributed by atoms with Gasteiger partial charge in [0.2, 0.25) is 0 Å². The highest BCUT2D eigenvalue weighted by molar-refractivity contribution is 5.87. The minimum absolute atomic E-state index is 0.201. The molecule has 23 heavy (non-hydrogen) atoms. The summed E-state index contributed by atoms with van der Waals surface area (Å²) in [6.45, 7) is 6.47. The fraction of sp³-hybridized carbons (Fsp3) is 0.500. The lowest BCUT2D eigenvalue weighted by Crippen LogP contribution is -2.29. The molecule has 1 aliphatic heterocycles. The van der Waals surface area contributed by atoms with E-state index in [9.17, 15) is 0 Å². The SMILES string of the molecule is CCC1CC(Oc2cc(N)nc3cc(OC)ccc23)CN1CC. The molecule has 0 radical (unpaired) electrons. The maximum absolute atomic E-state index is 6.30. The second-order valence-corrected chi connectivity index (χ2v) is 6.05. The van der Waals surface area contributed by atoms with Crippen LogP contribution in [0.5, 0.6) is 11.5 Å². The third-order valence-corrected chi connectivity index (χ3v) is 4.66. The molecular weight excluding hydrogens is 290 g/mol. The molecule has 1 saturated heterocycles. The molecule has 1 fully saturated rings. The number of fused-ring (bicyclic) bond motifs is 1. The van der Waals surface area contributed by atoms with Gasteiger partial charge in [-0.15, -0.1) is 0 Å². The second kappa shape index (κ2) is 6.62. The lowest BCUT2D eigenvalue weighted by atomic mass is 10.1. The van der Waals surface area contributed by atoms with Gasteiger partial charge in [-0.3, -0.25) is 4.90 Å². The summed E-state index contributed by atoms with van der Waals surface area (Å²) >= 11 is 0. The average molecular weight is 315 g/mol. The summed E-state index contributed by atoms with van der Waals surface area (Å²) in [5, 5.41) is 0.975. The quantitative estimate of drug-likeness (QED) is 0.919. The number of nitrogens with two attached hydrogens (primary N) is 1. The first-order valence-electron chi connectivity index (χ1n) is 8.29. The normalized spacial score (nSPS) is 21.7. The van der Waals surface area contributed by atoms with E-state index in [2.05, 4.69) is 23.7 Å². The van der Waals surface area contributed by atoms with Gasteiger partial charge in [0.05, 0.1) is 12.6 Å². The van der Waals surface area contributed by atoms with Crippen LogP contribution in [-0.2, 0) is 0 Å². The molecule has 3 rings (SSSR count). The maximum atomic E-state index is 6.30. The Morgan fingerprint density at radius 1 is 1.30 bits per heavy atom. The van der Waals surface area contributed by atoms with Gasteiger partial charge in [-0.1, -0.05) is 13.8 Å². The molecular formula is C18H25N3O2. The molecule has 0 spiro atoms. The van der Waals surface area contributed by atoms with Crippen LogP contribution in [0.1, 0.15) is 26.7 Å². The smallest absolute Gasteiger partial charge is 0.132 e. The summed E-state index contributed by atoms with van der Waals surface area (Å²) in [5.74, 6) is 2.05. The number of pyridine rings is 1. The van der Waals surface area contributed by atoms with E-state index in [1.54, 1.807) is 7.11 Å². The molecule has 1 aromatic heterocycles. The highest BCUT2D eigenvalue weighted by Crippen LogP contribution is 2.32. The van der Waals surface area contributed by atoms with Crippen LogP contribution in [0.25, 0.3) is 10.9 Å². The number of likely N-dealkylation sites (tertiary alicyclic amines) is 1. The monoisotopic (exact) mass is 315 g/mol. The average Bonchev–Trinajstić information content (AvgIpc) is 2.96. The van der Waals surface area contributed by atoms with Crippen molar-refractivity contribution in [3.05, 3.63) is 24.3 Å². The Bertz CT molecular complexity index is 677. The predicted molar refractivity (Wildman–Crippen MR) is 93.1 cm³/mol. The molecule has 0 bridgehead atoms. The third kappa shape index (κ3) is 3.20. The van der Waals surface area contributed by atoms with Crippen molar-refractivity contribution in [3.63, 3.8) is 0 Å². The van der Waals surface area contributed by atoms with Gasteiger partial charge in [0.1, 0.15) is 23.4 Å². The van der Waals surface area contributed by atoms with E-state index >= 15 is 0 Å². The number of likely N-dealkylation sites (N-methyl/N-ethyl adjacent to an activating group) is 1. The number of ether oxygens (including phenoxy) is 2. The Morgan fingerprint density at radius 3 is 2.78 bits per heavy atom. The van der Waals surface area contributed by atoms with Gasteiger partial charge in [0.15, 0.2) is 0 Å². The summed E-state index contributed by atoms with van der Waals surface area (Å²) in [7, 11) is 1.65. The Labute approximate surface area is 137 Å². The number of nitrogens with zero attached hydrogens (tertiary/aromatic N) is 2. The number of rotatable bonds is 5. The van der Waals surface area contributed by atoms with Gasteiger partial charge in [-0.25, -0.2) is 4.98 Å². The predicted octanol–water partition coefficient (Wildman–Crippen LogP) is 3.08. The first-order chi connectivity index (χ1) is 11.1. The number of anilines is 1. The Morgan fingerprint density at radius 2 is 2.13 bits per heavy atom. The van der Waals surface area contributed by atoms with Gasteiger partial charge in [-0.2, -0.15) is 0 Å². The van der Waals surface area contributed by atoms with Crippen molar-refractivity contribution in [3.8, 4) is 11.5 Å². The fourth-order valence-electron chi connectivity index (χ4n) is 3.44. The van der Waals surface area contributed by atoms with Gasteiger partial charge < -0.3 is 15.2 Å². The molecule has 2 unspecified atom stereocenters. The van der Waals surface area contributed by atoms with Crippen molar-refractivity contribution in [2.24, 2.45) is 0 Å². The Balaban J connectivity index is 1.88. The molecule has 0 aliphatic carbocycles. The van der Waals surface area contributed by atoms with Crippen LogP contribution in [0.4, 0.5) is 5.82 Å². The third-order valence-electron chi connectivity index (χ3n) is 4.66. The molecule has 1 aliphatic rings. The molecule has 124 valence electrons. The molecule has 2 aromatic rings. The van der Waals surface area contributed by atoms with Gasteiger partial charge in [0.25, 0.3) is 0 Å². The molecule has 5 heteroatoms. The van der Waals surface area contributed by atoms with Crippen LogP contribution in [0.2, 0.25) is 0 Å². The van der Waals surface area contributed by atoms with E-state index in [1.165, 1.54) is 0 Å². The largest absolute Gasteiger partial charge is 0.497 e. The number of hydrogen-bond acceptors (Lipinski definition) is 5. The minimum Gasteiger partial charge on any atom is -0.497 e. The zero-order chi connectivity index (χ0) is 16.4. The van der Waals surface area contributed by atoms with Crippen LogP contribution < -0.4 is 15.2 Å². The second-order valence-electron chi connectivity index (χ2n) is 6.05. The van der Waals surface area contributed by atoms with Crippen molar-refractivity contribution in [2.45, 2.75) is 38.8 Å². The maximum Gasteiger partial charge on any atom is 0.132 e. The Hall–Kier alpha value is -2.01. The lowest BCUT2D eigenvalue weighted by molar-refractivity contribution is 0.202. The zero-order valence-electron chi connectivity index (χ0n) is 14.1. The van der Waals surface area contributed by atoms with Crippen molar-refractivity contribution >= 4 is 16.7 Å². The van der Waals surface area contributed by atoms with Crippen LogP contribution in [-0.4, -0.2) is 42.2 Å². The van der Waals surface area contributed by atoms with Crippen LogP contribution >= 0.6 is 0 Å². The van der Waals surface area contributed by atoms with Crippen LogP contribution in [0.15, 0.2) is 24.3 Å². The van der Waals surface area contributed by atoms with E-state index < -0.39 is 0 Å². The molecule has 5 nitrogen and oxygen atoms in total. The Kier molecular flexibility index (Phi) is 4.57. The number of hydrogen-bond donors (Lipinski definition) is 1. The van der Waals surface area contributed by atoms with E-state index in [0.29, 0.717) is 11.9 Å². The topological polar surface area (TPSA) is 60.6 Å². The number of benzene rings is 1. The van der Waals surface area contributed by atoms with E-state index in [4.69, 9.17) is 15.2 Å². The summed E-state index contributed by atoms with van der Waals surface area (Å²) in [4.78, 5) is 6.88. The van der Waals surface area contributed by atoms with Gasteiger partial charge in [0, 0.05) is 36.5 Å². The molecule has 1 aromatic carbocycles. The van der Waals surface area contributed by atoms with Gasteiger partial charge >= 0.3 is 0 Å². The molecule has 2 N–H and O–H groups in total. The number of nitrogen functional groups attached to an aromatic ring is 1. The summed E-state index contributed by atoms with van der Waals surface area (Å²) in [5.41, 5.74) is 6.76. The van der Waals surface area contributed by atoms with E-state index in [1.807, 2.05) is 24.3 Å². The molecule has 0 saturated carbocycles. The standard InChI is InChI=1S/C18H25N3O2/c1-4-12-8-14(11-21(12)5-2)23-17-10-18(19)20-16-9-13(22-3)6-7-15(16)17/h6-7,9-10,12,14H,4-5,8,11H2,1-3H3,(H2,19,20). The van der Waals surface area contributed by atoms with Crippen LogP contribution in [0.3, 0.4) is 0 Å². The van der Waals surface area contributed by atoms with Crippen molar-refractivity contribution in [1.82, 2.24) is 9.88 Å². The highest BCUT2D eigenvalue weighted by atomic mass is 16.5. The summed E-state index contributed by atoms with van der Waals surface area (Å²) in [6, 6.07) is 8.23. The van der Waals surface area contributed by atoms with Crippen molar-refractivity contribution in [2.75, 3.05) is 25.9 Å². The fourth-order valence-corrected chi connectivity index (χ4v) is 3.44. The zero-order valence-corrected chi connectivity index (χ0v) is 14.1. The molecule has 2 heterocycles. The molecule has 2 atom stereocenters. The van der Waals surface area contributed by atoms with Crippen LogP contribution in [0, 0.1) is 0 Å². The highest BCUT2D eigenvalue weighted by Gasteiger charge is 2.31. The number of aromatic nitrogens is 1. The summed E-state index contributed by atoms with van der Waals surface area (Å²) < 4.78 is 11.6. The van der Waals surface area contributed by atoms with Crippen molar-refractivity contribution < 1.29 is 9.47 Å².